The summed E-state index contributed by atoms with van der Waals surface area (Å²) in [6.07, 6.45) is 1.94. The number of nitrogens with zero attached hydrogens (tertiary/aromatic N) is 2. The van der Waals surface area contributed by atoms with E-state index in [0.717, 1.165) is 19.6 Å². The van der Waals surface area contributed by atoms with Gasteiger partial charge in [0.1, 0.15) is 0 Å². The molecule has 0 fully saturated rings. The van der Waals surface area contributed by atoms with Crippen molar-refractivity contribution in [3.63, 3.8) is 0 Å². The van der Waals surface area contributed by atoms with Crippen LogP contribution in [-0.4, -0.2) is 30.0 Å². The van der Waals surface area contributed by atoms with Gasteiger partial charge in [0.25, 0.3) is 0 Å². The van der Waals surface area contributed by atoms with Gasteiger partial charge in [0.15, 0.2) is 0 Å². The maximum atomic E-state index is 5.05. The maximum absolute atomic E-state index is 5.05. The van der Waals surface area contributed by atoms with Crippen LogP contribution < -0.4 is 5.32 Å². The average molecular weight is 225 g/mol. The molecule has 0 aliphatic rings. The van der Waals surface area contributed by atoms with Crippen molar-refractivity contribution in [2.45, 2.75) is 33.9 Å². The van der Waals surface area contributed by atoms with Gasteiger partial charge in [0.05, 0.1) is 19.3 Å². The molecule has 0 saturated carbocycles. The van der Waals surface area contributed by atoms with E-state index < -0.39 is 0 Å². The Labute approximate surface area is 98.0 Å². The van der Waals surface area contributed by atoms with E-state index in [-0.39, 0.29) is 0 Å². The molecule has 4 heteroatoms. The first-order chi connectivity index (χ1) is 7.65. The lowest BCUT2D eigenvalue weighted by Gasteiger charge is -2.07. The fourth-order valence-corrected chi connectivity index (χ4v) is 1.56. The highest BCUT2D eigenvalue weighted by Gasteiger charge is 2.05. The van der Waals surface area contributed by atoms with Crippen LogP contribution in [0.4, 0.5) is 0 Å². The zero-order chi connectivity index (χ0) is 12.0. The van der Waals surface area contributed by atoms with E-state index in [2.05, 4.69) is 31.2 Å². The zero-order valence-electron chi connectivity index (χ0n) is 10.8. The normalized spacial score (nSPS) is 11.3. The monoisotopic (exact) mass is 225 g/mol. The largest absolute Gasteiger partial charge is 0.383 e. The van der Waals surface area contributed by atoms with Gasteiger partial charge in [0, 0.05) is 24.9 Å². The molecule has 4 nitrogen and oxygen atoms in total. The van der Waals surface area contributed by atoms with E-state index in [0.29, 0.717) is 12.5 Å². The van der Waals surface area contributed by atoms with Crippen LogP contribution in [0.25, 0.3) is 0 Å². The predicted molar refractivity (Wildman–Crippen MR) is 65.4 cm³/mol. The molecule has 92 valence electrons. The Bertz CT molecular complexity index is 307. The van der Waals surface area contributed by atoms with Gasteiger partial charge in [-0.05, 0) is 19.4 Å². The van der Waals surface area contributed by atoms with Gasteiger partial charge in [-0.1, -0.05) is 13.8 Å². The Hall–Kier alpha value is -0.870. The molecule has 1 aromatic heterocycles. The van der Waals surface area contributed by atoms with Crippen molar-refractivity contribution in [3.8, 4) is 0 Å². The zero-order valence-corrected chi connectivity index (χ0v) is 10.8. The van der Waals surface area contributed by atoms with Crippen LogP contribution in [-0.2, 0) is 17.8 Å². The lowest BCUT2D eigenvalue weighted by Crippen LogP contribution is -2.19. The summed E-state index contributed by atoms with van der Waals surface area (Å²) in [5.41, 5.74) is 2.50. The number of nitrogens with one attached hydrogen (secondary N) is 1. The summed E-state index contributed by atoms with van der Waals surface area (Å²) in [7, 11) is 1.71. The van der Waals surface area contributed by atoms with Crippen LogP contribution in [0.15, 0.2) is 6.20 Å². The van der Waals surface area contributed by atoms with Crippen molar-refractivity contribution in [1.82, 2.24) is 15.1 Å². The van der Waals surface area contributed by atoms with Gasteiger partial charge in [-0.2, -0.15) is 5.10 Å². The number of rotatable bonds is 7. The Morgan fingerprint density at radius 3 is 2.88 bits per heavy atom. The van der Waals surface area contributed by atoms with Crippen LogP contribution in [0, 0.1) is 12.8 Å². The molecule has 0 bridgehead atoms. The molecule has 0 aliphatic heterocycles. The summed E-state index contributed by atoms with van der Waals surface area (Å²) >= 11 is 0. The first-order valence-electron chi connectivity index (χ1n) is 5.86. The van der Waals surface area contributed by atoms with Crippen molar-refractivity contribution in [2.24, 2.45) is 5.92 Å². The lowest BCUT2D eigenvalue weighted by molar-refractivity contribution is 0.183. The molecule has 0 aliphatic carbocycles. The summed E-state index contributed by atoms with van der Waals surface area (Å²) in [6, 6.07) is 0. The first-order valence-corrected chi connectivity index (χ1v) is 5.86. The van der Waals surface area contributed by atoms with Crippen molar-refractivity contribution in [1.29, 1.82) is 0 Å². The topological polar surface area (TPSA) is 39.1 Å². The summed E-state index contributed by atoms with van der Waals surface area (Å²) < 4.78 is 7.04. The number of methoxy groups -OCH3 is 1. The molecule has 0 atom stereocenters. The molecule has 0 unspecified atom stereocenters. The van der Waals surface area contributed by atoms with E-state index in [1.54, 1.807) is 7.11 Å². The van der Waals surface area contributed by atoms with Crippen LogP contribution in [0.5, 0.6) is 0 Å². The van der Waals surface area contributed by atoms with Crippen molar-refractivity contribution >= 4 is 0 Å². The first kappa shape index (κ1) is 13.2. The second kappa shape index (κ2) is 6.66. The molecule has 0 amide bonds. The lowest BCUT2D eigenvalue weighted by atomic mass is 10.2. The highest BCUT2D eigenvalue weighted by atomic mass is 16.5. The van der Waals surface area contributed by atoms with Crippen LogP contribution in [0.1, 0.15) is 25.1 Å². The third-order valence-corrected chi connectivity index (χ3v) is 2.58. The quantitative estimate of drug-likeness (QED) is 0.766. The Balaban J connectivity index is 2.45. The Morgan fingerprint density at radius 2 is 2.25 bits per heavy atom. The van der Waals surface area contributed by atoms with Gasteiger partial charge in [0.2, 0.25) is 0 Å². The number of hydrogen-bond acceptors (Lipinski definition) is 3. The third-order valence-electron chi connectivity index (χ3n) is 2.58. The minimum Gasteiger partial charge on any atom is -0.383 e. The maximum Gasteiger partial charge on any atom is 0.0658 e. The summed E-state index contributed by atoms with van der Waals surface area (Å²) in [5.74, 6) is 0.684. The minimum absolute atomic E-state index is 0.684. The molecule has 0 radical (unpaired) electrons. The molecular formula is C12H23N3O. The Kier molecular flexibility index (Phi) is 5.49. The predicted octanol–water partition coefficient (Wildman–Crippen LogP) is 1.58. The number of aromatic nitrogens is 2. The van der Waals surface area contributed by atoms with Crippen molar-refractivity contribution in [3.05, 3.63) is 17.5 Å². The molecule has 0 spiro atoms. The minimum atomic E-state index is 0.684. The van der Waals surface area contributed by atoms with Gasteiger partial charge >= 0.3 is 0 Å². The van der Waals surface area contributed by atoms with E-state index in [1.807, 2.05) is 10.9 Å². The third kappa shape index (κ3) is 3.94. The van der Waals surface area contributed by atoms with Crippen molar-refractivity contribution < 1.29 is 4.74 Å². The number of hydrogen-bond donors (Lipinski definition) is 1. The van der Waals surface area contributed by atoms with E-state index in [1.165, 1.54) is 11.3 Å². The molecule has 1 aromatic rings. The van der Waals surface area contributed by atoms with E-state index >= 15 is 0 Å². The van der Waals surface area contributed by atoms with E-state index in [9.17, 15) is 0 Å². The van der Waals surface area contributed by atoms with Gasteiger partial charge in [-0.3, -0.25) is 4.68 Å². The summed E-state index contributed by atoms with van der Waals surface area (Å²) in [6.45, 7) is 10.0. The highest BCUT2D eigenvalue weighted by molar-refractivity contribution is 5.15. The molecule has 1 N–H and O–H groups in total. The fraction of sp³-hybridized carbons (Fsp3) is 0.750. The van der Waals surface area contributed by atoms with E-state index in [4.69, 9.17) is 4.74 Å². The standard InChI is InChI=1S/C12H23N3O/c1-10(2)7-13-8-12-9-14-15(11(12)3)5-6-16-4/h9-10,13H,5-8H2,1-4H3. The highest BCUT2D eigenvalue weighted by Crippen LogP contribution is 2.06. The molecule has 0 saturated heterocycles. The van der Waals surface area contributed by atoms with Crippen molar-refractivity contribution in [2.75, 3.05) is 20.3 Å². The van der Waals surface area contributed by atoms with Crippen LogP contribution >= 0.6 is 0 Å². The van der Waals surface area contributed by atoms with Gasteiger partial charge < -0.3 is 10.1 Å². The SMILES string of the molecule is COCCn1ncc(CNCC(C)C)c1C. The molecule has 16 heavy (non-hydrogen) atoms. The van der Waals surface area contributed by atoms with Crippen LogP contribution in [0.2, 0.25) is 0 Å². The summed E-state index contributed by atoms with van der Waals surface area (Å²) in [5, 5.41) is 7.77. The molecule has 1 rings (SSSR count). The smallest absolute Gasteiger partial charge is 0.0658 e. The van der Waals surface area contributed by atoms with Gasteiger partial charge in [-0.15, -0.1) is 0 Å². The number of ether oxygens (including phenoxy) is 1. The molecular weight excluding hydrogens is 202 g/mol. The fourth-order valence-electron chi connectivity index (χ4n) is 1.56. The Morgan fingerprint density at radius 1 is 1.50 bits per heavy atom. The second-order valence-corrected chi connectivity index (χ2v) is 4.50. The summed E-state index contributed by atoms with van der Waals surface area (Å²) in [4.78, 5) is 0. The molecule has 1 heterocycles. The van der Waals surface area contributed by atoms with Gasteiger partial charge in [-0.25, -0.2) is 0 Å². The van der Waals surface area contributed by atoms with Crippen LogP contribution in [0.3, 0.4) is 0 Å². The molecule has 0 aromatic carbocycles. The average Bonchev–Trinajstić information content (AvgIpc) is 2.57. The second-order valence-electron chi connectivity index (χ2n) is 4.50.